The zero-order valence-electron chi connectivity index (χ0n) is 15.6. The lowest BCUT2D eigenvalue weighted by Gasteiger charge is -2.29. The van der Waals surface area contributed by atoms with Crippen LogP contribution in [-0.4, -0.2) is 35.5 Å². The molecule has 1 saturated carbocycles. The van der Waals surface area contributed by atoms with E-state index in [4.69, 9.17) is 4.74 Å². The molecule has 1 fully saturated rings. The van der Waals surface area contributed by atoms with Gasteiger partial charge < -0.3 is 15.0 Å². The second-order valence-corrected chi connectivity index (χ2v) is 7.06. The number of fused-ring (bicyclic) bond motifs is 1. The molecule has 1 heterocycles. The molecule has 0 aliphatic heterocycles. The van der Waals surface area contributed by atoms with Crippen LogP contribution in [0.25, 0.3) is 10.9 Å². The third-order valence-corrected chi connectivity index (χ3v) is 4.99. The molecule has 3 N–H and O–H groups in total. The van der Waals surface area contributed by atoms with Crippen molar-refractivity contribution in [3.8, 4) is 0 Å². The second kappa shape index (κ2) is 8.69. The largest absolute Gasteiger partial charge is 0.452 e. The molecule has 148 valence electrons. The van der Waals surface area contributed by atoms with E-state index >= 15 is 0 Å². The third kappa shape index (κ3) is 4.76. The minimum atomic E-state index is -0.807. The maximum Gasteiger partial charge on any atom is 0.339 e. The van der Waals surface area contributed by atoms with E-state index in [0.717, 1.165) is 31.7 Å². The highest BCUT2D eigenvalue weighted by atomic mass is 16.5. The molecule has 1 aliphatic rings. The zero-order valence-corrected chi connectivity index (χ0v) is 15.6. The number of para-hydroxylation sites is 1. The first-order chi connectivity index (χ1) is 13.4. The van der Waals surface area contributed by atoms with Crippen molar-refractivity contribution < 1.29 is 19.1 Å². The number of hydrogen-bond donors (Lipinski definition) is 3. The van der Waals surface area contributed by atoms with Crippen molar-refractivity contribution in [1.82, 2.24) is 15.6 Å². The highest BCUT2D eigenvalue weighted by molar-refractivity contribution is 6.04. The van der Waals surface area contributed by atoms with Gasteiger partial charge in [0.2, 0.25) is 5.56 Å². The van der Waals surface area contributed by atoms with Gasteiger partial charge in [0.25, 0.3) is 5.91 Å². The molecule has 1 aromatic carbocycles. The number of nitrogens with one attached hydrogen (secondary N) is 3. The highest BCUT2D eigenvalue weighted by Gasteiger charge is 2.23. The Bertz CT molecular complexity index is 952. The fourth-order valence-electron chi connectivity index (χ4n) is 3.48. The Labute approximate surface area is 161 Å². The van der Waals surface area contributed by atoms with E-state index in [1.54, 1.807) is 24.3 Å². The number of carbonyl (C=O) groups excluding carboxylic acids is 3. The van der Waals surface area contributed by atoms with E-state index < -0.39 is 30.1 Å². The summed E-state index contributed by atoms with van der Waals surface area (Å²) in [4.78, 5) is 50.5. The fourth-order valence-corrected chi connectivity index (χ4v) is 3.48. The molecular formula is C20H23N3O5. The van der Waals surface area contributed by atoms with Gasteiger partial charge in [-0.3, -0.25) is 14.9 Å². The summed E-state index contributed by atoms with van der Waals surface area (Å²) in [6, 6.07) is 7.35. The van der Waals surface area contributed by atoms with E-state index in [2.05, 4.69) is 22.5 Å². The van der Waals surface area contributed by atoms with Crippen LogP contribution >= 0.6 is 0 Å². The monoisotopic (exact) mass is 385 g/mol. The van der Waals surface area contributed by atoms with Gasteiger partial charge in [-0.25, -0.2) is 9.59 Å². The summed E-state index contributed by atoms with van der Waals surface area (Å²) in [6.45, 7) is 1.45. The van der Waals surface area contributed by atoms with Crippen LogP contribution in [-0.2, 0) is 9.53 Å². The number of urea groups is 1. The number of benzene rings is 1. The summed E-state index contributed by atoms with van der Waals surface area (Å²) in [5.74, 6) is -1.18. The summed E-state index contributed by atoms with van der Waals surface area (Å²) in [5, 5.41) is 5.47. The minimum Gasteiger partial charge on any atom is -0.452 e. The second-order valence-electron chi connectivity index (χ2n) is 7.06. The number of aromatic nitrogens is 1. The normalized spacial score (nSPS) is 19.0. The predicted octanol–water partition coefficient (Wildman–Crippen LogP) is 2.09. The molecule has 8 nitrogen and oxygen atoms in total. The Hall–Kier alpha value is -3.16. The number of amides is 3. The topological polar surface area (TPSA) is 117 Å². The smallest absolute Gasteiger partial charge is 0.339 e. The van der Waals surface area contributed by atoms with Crippen molar-refractivity contribution in [1.29, 1.82) is 0 Å². The summed E-state index contributed by atoms with van der Waals surface area (Å²) in [7, 11) is 0. The SMILES string of the molecule is C[C@H]1CCCC[C@@H]1NC(=O)NC(=O)COC(=O)c1cc(=O)[nH]c2ccccc12. The molecular weight excluding hydrogens is 362 g/mol. The van der Waals surface area contributed by atoms with Crippen LogP contribution in [0.3, 0.4) is 0 Å². The maximum absolute atomic E-state index is 12.3. The molecule has 1 aromatic heterocycles. The minimum absolute atomic E-state index is 0.0338. The van der Waals surface area contributed by atoms with Gasteiger partial charge in [0.1, 0.15) is 0 Å². The molecule has 0 saturated heterocycles. The highest BCUT2D eigenvalue weighted by Crippen LogP contribution is 2.23. The van der Waals surface area contributed by atoms with Gasteiger partial charge in [0.05, 0.1) is 5.56 Å². The number of rotatable bonds is 4. The first-order valence-electron chi connectivity index (χ1n) is 9.33. The van der Waals surface area contributed by atoms with Crippen LogP contribution in [0, 0.1) is 5.92 Å². The molecule has 2 atom stereocenters. The third-order valence-electron chi connectivity index (χ3n) is 4.99. The fraction of sp³-hybridized carbons (Fsp3) is 0.400. The Balaban J connectivity index is 1.55. The molecule has 0 unspecified atom stereocenters. The summed E-state index contributed by atoms with van der Waals surface area (Å²) in [6.07, 6.45) is 4.12. The standard InChI is InChI=1S/C20H23N3O5/c1-12-6-2-4-8-15(12)22-20(27)23-18(25)11-28-19(26)14-10-17(24)21-16-9-5-3-7-13(14)16/h3,5,7,9-10,12,15H,2,4,6,8,11H2,1H3,(H,21,24)(H2,22,23,25,27)/t12-,15-/m0/s1. The number of hydrogen-bond acceptors (Lipinski definition) is 5. The van der Waals surface area contributed by atoms with Crippen LogP contribution < -0.4 is 16.2 Å². The molecule has 1 aliphatic carbocycles. The van der Waals surface area contributed by atoms with Gasteiger partial charge in [-0.2, -0.15) is 0 Å². The number of imide groups is 1. The lowest BCUT2D eigenvalue weighted by Crippen LogP contribution is -2.48. The number of ether oxygens (including phenoxy) is 1. The number of pyridine rings is 1. The van der Waals surface area contributed by atoms with Gasteiger partial charge in [0, 0.05) is 23.0 Å². The Morgan fingerprint density at radius 1 is 1.18 bits per heavy atom. The predicted molar refractivity (Wildman–Crippen MR) is 103 cm³/mol. The Morgan fingerprint density at radius 3 is 2.71 bits per heavy atom. The molecule has 3 amide bonds. The zero-order chi connectivity index (χ0) is 20.1. The van der Waals surface area contributed by atoms with Crippen molar-refractivity contribution in [3.05, 3.63) is 46.2 Å². The van der Waals surface area contributed by atoms with Crippen molar-refractivity contribution in [2.45, 2.75) is 38.6 Å². The lowest BCUT2D eigenvalue weighted by molar-refractivity contribution is -0.123. The van der Waals surface area contributed by atoms with E-state index in [1.807, 2.05) is 0 Å². The van der Waals surface area contributed by atoms with Crippen LogP contribution in [0.15, 0.2) is 35.1 Å². The maximum atomic E-state index is 12.3. The molecule has 3 rings (SSSR count). The Morgan fingerprint density at radius 2 is 1.93 bits per heavy atom. The van der Waals surface area contributed by atoms with Crippen molar-refractivity contribution in [2.75, 3.05) is 6.61 Å². The van der Waals surface area contributed by atoms with Crippen LogP contribution in [0.5, 0.6) is 0 Å². The quantitative estimate of drug-likeness (QED) is 0.697. The van der Waals surface area contributed by atoms with Crippen molar-refractivity contribution >= 4 is 28.8 Å². The molecule has 2 aromatic rings. The summed E-state index contributed by atoms with van der Waals surface area (Å²) >= 11 is 0. The van der Waals surface area contributed by atoms with Crippen molar-refractivity contribution in [2.24, 2.45) is 5.92 Å². The molecule has 0 bridgehead atoms. The number of aromatic amines is 1. The molecule has 28 heavy (non-hydrogen) atoms. The summed E-state index contributed by atoms with van der Waals surface area (Å²) < 4.78 is 4.98. The number of H-pyrrole nitrogens is 1. The van der Waals surface area contributed by atoms with Crippen LogP contribution in [0.4, 0.5) is 4.79 Å². The van der Waals surface area contributed by atoms with Gasteiger partial charge in [-0.1, -0.05) is 38.0 Å². The van der Waals surface area contributed by atoms with E-state index in [9.17, 15) is 19.2 Å². The summed E-state index contributed by atoms with van der Waals surface area (Å²) in [5.41, 5.74) is 0.107. The number of carbonyl (C=O) groups is 3. The average Bonchev–Trinajstić information content (AvgIpc) is 2.67. The van der Waals surface area contributed by atoms with E-state index in [0.29, 0.717) is 16.8 Å². The van der Waals surface area contributed by atoms with Gasteiger partial charge in [0.15, 0.2) is 6.61 Å². The van der Waals surface area contributed by atoms with Gasteiger partial charge >= 0.3 is 12.0 Å². The van der Waals surface area contributed by atoms with Gasteiger partial charge in [-0.15, -0.1) is 0 Å². The van der Waals surface area contributed by atoms with Crippen LogP contribution in [0.2, 0.25) is 0 Å². The van der Waals surface area contributed by atoms with Gasteiger partial charge in [-0.05, 0) is 24.8 Å². The first kappa shape index (κ1) is 19.6. The molecule has 0 radical (unpaired) electrons. The average molecular weight is 385 g/mol. The van der Waals surface area contributed by atoms with E-state index in [1.165, 1.54) is 0 Å². The molecule has 0 spiro atoms. The molecule has 8 heteroatoms. The first-order valence-corrected chi connectivity index (χ1v) is 9.33. The number of esters is 1. The van der Waals surface area contributed by atoms with Crippen LogP contribution in [0.1, 0.15) is 43.0 Å². The van der Waals surface area contributed by atoms with E-state index in [-0.39, 0.29) is 11.6 Å². The lowest BCUT2D eigenvalue weighted by atomic mass is 9.86. The Kier molecular flexibility index (Phi) is 6.08. The van der Waals surface area contributed by atoms with Crippen molar-refractivity contribution in [3.63, 3.8) is 0 Å².